The molecule has 2 aliphatic rings. The van der Waals surface area contributed by atoms with Gasteiger partial charge in [0.15, 0.2) is 11.5 Å². The molecule has 2 unspecified atom stereocenters. The molecule has 0 radical (unpaired) electrons. The van der Waals surface area contributed by atoms with Crippen molar-refractivity contribution in [2.45, 2.75) is 38.8 Å². The maximum atomic E-state index is 12.6. The van der Waals surface area contributed by atoms with Crippen LogP contribution in [0.1, 0.15) is 37.2 Å². The van der Waals surface area contributed by atoms with Gasteiger partial charge in [-0.2, -0.15) is 0 Å². The van der Waals surface area contributed by atoms with Gasteiger partial charge in [0.2, 0.25) is 0 Å². The molecular formula is C15H23N5O. The van der Waals surface area contributed by atoms with Gasteiger partial charge in [0.05, 0.1) is 0 Å². The number of nitrogens with one attached hydrogen (secondary N) is 1. The minimum atomic E-state index is -0.0173. The summed E-state index contributed by atoms with van der Waals surface area (Å²) in [5.74, 6) is 0.863. The number of rotatable bonds is 2. The Labute approximate surface area is 125 Å². The third kappa shape index (κ3) is 2.85. The lowest BCUT2D eigenvalue weighted by Crippen LogP contribution is -2.57. The van der Waals surface area contributed by atoms with Crippen LogP contribution in [0.2, 0.25) is 0 Å². The number of anilines is 1. The van der Waals surface area contributed by atoms with Gasteiger partial charge in [-0.15, -0.1) is 10.2 Å². The number of hydrogen-bond acceptors (Lipinski definition) is 5. The van der Waals surface area contributed by atoms with Gasteiger partial charge < -0.3 is 15.1 Å². The Kier molecular flexibility index (Phi) is 4.05. The Hall–Kier alpha value is -1.69. The summed E-state index contributed by atoms with van der Waals surface area (Å²) >= 11 is 0. The van der Waals surface area contributed by atoms with Crippen molar-refractivity contribution in [2.24, 2.45) is 0 Å². The molecule has 114 valence electrons. The lowest BCUT2D eigenvalue weighted by molar-refractivity contribution is 0.0595. The number of aromatic nitrogens is 2. The summed E-state index contributed by atoms with van der Waals surface area (Å²) in [6.45, 7) is 7.80. The lowest BCUT2D eigenvalue weighted by Gasteiger charge is -2.38. The molecule has 1 aromatic rings. The SMILES string of the molecule is CC1NCCN(C(=O)c2ccc(N3CCCC3)nn2)C1C. The van der Waals surface area contributed by atoms with Crippen molar-refractivity contribution < 1.29 is 4.79 Å². The fraction of sp³-hybridized carbons (Fsp3) is 0.667. The molecule has 2 atom stereocenters. The molecule has 6 heteroatoms. The zero-order chi connectivity index (χ0) is 14.8. The van der Waals surface area contributed by atoms with Gasteiger partial charge in [-0.05, 0) is 38.8 Å². The largest absolute Gasteiger partial charge is 0.355 e. The van der Waals surface area contributed by atoms with Gasteiger partial charge in [0.25, 0.3) is 5.91 Å². The van der Waals surface area contributed by atoms with Crippen molar-refractivity contribution in [3.63, 3.8) is 0 Å². The van der Waals surface area contributed by atoms with Crippen molar-refractivity contribution in [3.05, 3.63) is 17.8 Å². The highest BCUT2D eigenvalue weighted by molar-refractivity contribution is 5.92. The second-order valence-corrected chi connectivity index (χ2v) is 5.95. The van der Waals surface area contributed by atoms with Crippen LogP contribution in [0, 0.1) is 0 Å². The Morgan fingerprint density at radius 2 is 1.95 bits per heavy atom. The second-order valence-electron chi connectivity index (χ2n) is 5.95. The first kappa shape index (κ1) is 14.3. The summed E-state index contributed by atoms with van der Waals surface area (Å²) in [6, 6.07) is 4.20. The van der Waals surface area contributed by atoms with Gasteiger partial charge in [-0.3, -0.25) is 4.79 Å². The van der Waals surface area contributed by atoms with Crippen LogP contribution in [0.25, 0.3) is 0 Å². The minimum Gasteiger partial charge on any atom is -0.355 e. The topological polar surface area (TPSA) is 61.4 Å². The molecular weight excluding hydrogens is 266 g/mol. The normalized spacial score (nSPS) is 26.2. The monoisotopic (exact) mass is 289 g/mol. The molecule has 0 aromatic carbocycles. The van der Waals surface area contributed by atoms with E-state index in [0.29, 0.717) is 11.7 Å². The first-order valence-electron chi connectivity index (χ1n) is 7.80. The smallest absolute Gasteiger partial charge is 0.274 e. The van der Waals surface area contributed by atoms with E-state index in [-0.39, 0.29) is 11.9 Å². The van der Waals surface area contributed by atoms with E-state index in [9.17, 15) is 4.79 Å². The highest BCUT2D eigenvalue weighted by Gasteiger charge is 2.29. The Bertz CT molecular complexity index is 497. The second kappa shape index (κ2) is 5.97. The van der Waals surface area contributed by atoms with Crippen LogP contribution in [-0.4, -0.2) is 59.3 Å². The van der Waals surface area contributed by atoms with Gasteiger partial charge in [0, 0.05) is 38.3 Å². The summed E-state index contributed by atoms with van der Waals surface area (Å²) in [4.78, 5) is 16.7. The zero-order valence-corrected chi connectivity index (χ0v) is 12.7. The highest BCUT2D eigenvalue weighted by Crippen LogP contribution is 2.18. The quantitative estimate of drug-likeness (QED) is 0.876. The average molecular weight is 289 g/mol. The predicted octanol–water partition coefficient (Wildman–Crippen LogP) is 0.899. The molecule has 3 rings (SSSR count). The molecule has 2 fully saturated rings. The molecule has 21 heavy (non-hydrogen) atoms. The van der Waals surface area contributed by atoms with Crippen LogP contribution in [0.5, 0.6) is 0 Å². The molecule has 0 aliphatic carbocycles. The lowest BCUT2D eigenvalue weighted by atomic mass is 10.1. The summed E-state index contributed by atoms with van der Waals surface area (Å²) in [6.07, 6.45) is 2.41. The first-order chi connectivity index (χ1) is 10.2. The summed E-state index contributed by atoms with van der Waals surface area (Å²) in [5, 5.41) is 11.8. The Morgan fingerprint density at radius 3 is 2.62 bits per heavy atom. The molecule has 2 aliphatic heterocycles. The molecule has 0 saturated carbocycles. The molecule has 0 bridgehead atoms. The van der Waals surface area contributed by atoms with E-state index < -0.39 is 0 Å². The number of carbonyl (C=O) groups is 1. The van der Waals surface area contributed by atoms with Crippen LogP contribution in [-0.2, 0) is 0 Å². The maximum Gasteiger partial charge on any atom is 0.274 e. The van der Waals surface area contributed by atoms with Crippen molar-refractivity contribution in [1.29, 1.82) is 0 Å². The van der Waals surface area contributed by atoms with Gasteiger partial charge in [-0.25, -0.2) is 0 Å². The number of nitrogens with zero attached hydrogens (tertiary/aromatic N) is 4. The third-order valence-electron chi connectivity index (χ3n) is 4.59. The van der Waals surface area contributed by atoms with Crippen LogP contribution >= 0.6 is 0 Å². The molecule has 1 N–H and O–H groups in total. The van der Waals surface area contributed by atoms with E-state index in [0.717, 1.165) is 32.0 Å². The Balaban J connectivity index is 1.72. The van der Waals surface area contributed by atoms with Gasteiger partial charge in [0.1, 0.15) is 0 Å². The van der Waals surface area contributed by atoms with E-state index in [1.165, 1.54) is 12.8 Å². The fourth-order valence-corrected chi connectivity index (χ4v) is 3.04. The summed E-state index contributed by atoms with van der Waals surface area (Å²) in [5.41, 5.74) is 0.443. The minimum absolute atomic E-state index is 0.0173. The highest BCUT2D eigenvalue weighted by atomic mass is 16.2. The average Bonchev–Trinajstić information content (AvgIpc) is 3.04. The van der Waals surface area contributed by atoms with Crippen molar-refractivity contribution >= 4 is 11.7 Å². The number of amides is 1. The first-order valence-corrected chi connectivity index (χ1v) is 7.80. The summed E-state index contributed by atoms with van der Waals surface area (Å²) < 4.78 is 0. The number of piperazine rings is 1. The van der Waals surface area contributed by atoms with Crippen LogP contribution < -0.4 is 10.2 Å². The summed E-state index contributed by atoms with van der Waals surface area (Å²) in [7, 11) is 0. The molecule has 3 heterocycles. The van der Waals surface area contributed by atoms with Crippen LogP contribution in [0.4, 0.5) is 5.82 Å². The maximum absolute atomic E-state index is 12.6. The number of carbonyl (C=O) groups excluding carboxylic acids is 1. The van der Waals surface area contributed by atoms with E-state index in [2.05, 4.69) is 34.3 Å². The van der Waals surface area contributed by atoms with Crippen molar-refractivity contribution in [1.82, 2.24) is 20.4 Å². The van der Waals surface area contributed by atoms with E-state index in [1.807, 2.05) is 17.0 Å². The van der Waals surface area contributed by atoms with E-state index in [4.69, 9.17) is 0 Å². The molecule has 1 amide bonds. The van der Waals surface area contributed by atoms with Gasteiger partial charge >= 0.3 is 0 Å². The van der Waals surface area contributed by atoms with Crippen molar-refractivity contribution in [2.75, 3.05) is 31.1 Å². The van der Waals surface area contributed by atoms with E-state index >= 15 is 0 Å². The van der Waals surface area contributed by atoms with Crippen LogP contribution in [0.15, 0.2) is 12.1 Å². The van der Waals surface area contributed by atoms with Crippen LogP contribution in [0.3, 0.4) is 0 Å². The third-order valence-corrected chi connectivity index (χ3v) is 4.59. The van der Waals surface area contributed by atoms with Gasteiger partial charge in [-0.1, -0.05) is 0 Å². The number of hydrogen-bond donors (Lipinski definition) is 1. The standard InChI is InChI=1S/C15H23N5O/c1-11-12(2)20(10-7-16-11)15(21)13-5-6-14(18-17-13)19-8-3-4-9-19/h5-6,11-12,16H,3-4,7-10H2,1-2H3. The fourth-order valence-electron chi connectivity index (χ4n) is 3.04. The molecule has 0 spiro atoms. The zero-order valence-electron chi connectivity index (χ0n) is 12.7. The Morgan fingerprint density at radius 1 is 1.19 bits per heavy atom. The molecule has 6 nitrogen and oxygen atoms in total. The molecule has 2 saturated heterocycles. The molecule has 1 aromatic heterocycles. The van der Waals surface area contributed by atoms with Crippen molar-refractivity contribution in [3.8, 4) is 0 Å². The van der Waals surface area contributed by atoms with E-state index in [1.54, 1.807) is 0 Å². The predicted molar refractivity (Wildman–Crippen MR) is 81.4 cm³/mol.